The number of fused-ring (bicyclic) bond motifs is 3. The van der Waals surface area contributed by atoms with Gasteiger partial charge in [-0.1, -0.05) is 18.2 Å². The molecule has 5 nitrogen and oxygen atoms in total. The van der Waals surface area contributed by atoms with Crippen molar-refractivity contribution >= 4 is 16.7 Å². The second-order valence-corrected chi connectivity index (χ2v) is 7.44. The first kappa shape index (κ1) is 17.5. The molecule has 2 aliphatic rings. The summed E-state index contributed by atoms with van der Waals surface area (Å²) in [7, 11) is 1.64. The van der Waals surface area contributed by atoms with Crippen LogP contribution in [0.4, 0.5) is 0 Å². The van der Waals surface area contributed by atoms with E-state index in [1.165, 1.54) is 5.69 Å². The molecule has 1 fully saturated rings. The quantitative estimate of drug-likeness (QED) is 0.652. The molecule has 0 N–H and O–H groups in total. The molecule has 0 amide bonds. The number of nitrogens with zero attached hydrogens (tertiary/aromatic N) is 2. The Bertz CT molecular complexity index is 1020. The van der Waals surface area contributed by atoms with Gasteiger partial charge in [0.25, 0.3) is 0 Å². The fraction of sp³-hybridized carbons (Fsp3) is 0.348. The Morgan fingerprint density at radius 2 is 1.79 bits per heavy atom. The van der Waals surface area contributed by atoms with E-state index >= 15 is 0 Å². The minimum atomic E-state index is 0.0905. The number of carbonyl (C=O) groups excluding carboxylic acids is 1. The summed E-state index contributed by atoms with van der Waals surface area (Å²) in [6, 6.07) is 16.0. The monoisotopic (exact) mass is 376 g/mol. The van der Waals surface area contributed by atoms with Crippen molar-refractivity contribution in [1.82, 2.24) is 9.47 Å². The minimum Gasteiger partial charge on any atom is -0.497 e. The molecule has 0 saturated carbocycles. The first-order valence-electron chi connectivity index (χ1n) is 9.89. The van der Waals surface area contributed by atoms with Gasteiger partial charge in [0.2, 0.25) is 0 Å². The van der Waals surface area contributed by atoms with Crippen LogP contribution in [0.15, 0.2) is 48.5 Å². The zero-order chi connectivity index (χ0) is 19.1. The van der Waals surface area contributed by atoms with Gasteiger partial charge in [0.15, 0.2) is 5.78 Å². The van der Waals surface area contributed by atoms with Crippen LogP contribution in [0.25, 0.3) is 10.9 Å². The van der Waals surface area contributed by atoms with Crippen molar-refractivity contribution < 1.29 is 14.3 Å². The highest BCUT2D eigenvalue weighted by Gasteiger charge is 2.36. The van der Waals surface area contributed by atoms with Crippen molar-refractivity contribution in [2.45, 2.75) is 19.0 Å². The number of hydrogen-bond donors (Lipinski definition) is 0. The molecule has 1 saturated heterocycles. The highest BCUT2D eigenvalue weighted by atomic mass is 16.5. The fourth-order valence-corrected chi connectivity index (χ4v) is 4.67. The number of para-hydroxylation sites is 1. The lowest BCUT2D eigenvalue weighted by molar-refractivity contribution is 0.0163. The van der Waals surface area contributed by atoms with Crippen LogP contribution >= 0.6 is 0 Å². The van der Waals surface area contributed by atoms with Gasteiger partial charge in [-0.05, 0) is 36.8 Å². The van der Waals surface area contributed by atoms with Crippen molar-refractivity contribution in [2.24, 2.45) is 0 Å². The second-order valence-electron chi connectivity index (χ2n) is 7.44. The molecule has 1 atom stereocenters. The Morgan fingerprint density at radius 1 is 1.04 bits per heavy atom. The molecule has 28 heavy (non-hydrogen) atoms. The van der Waals surface area contributed by atoms with E-state index in [1.54, 1.807) is 7.11 Å². The Morgan fingerprint density at radius 3 is 2.54 bits per heavy atom. The molecule has 144 valence electrons. The number of ketones is 1. The van der Waals surface area contributed by atoms with E-state index in [2.05, 4.69) is 27.7 Å². The molecule has 1 unspecified atom stereocenters. The van der Waals surface area contributed by atoms with Crippen molar-refractivity contribution in [3.63, 3.8) is 0 Å². The first-order valence-corrected chi connectivity index (χ1v) is 9.89. The summed E-state index contributed by atoms with van der Waals surface area (Å²) >= 11 is 0. The third-order valence-corrected chi connectivity index (χ3v) is 6.02. The van der Waals surface area contributed by atoms with E-state index in [9.17, 15) is 4.79 Å². The van der Waals surface area contributed by atoms with Gasteiger partial charge in [-0.15, -0.1) is 0 Å². The van der Waals surface area contributed by atoms with Gasteiger partial charge in [-0.3, -0.25) is 9.69 Å². The van der Waals surface area contributed by atoms with Crippen LogP contribution in [0.2, 0.25) is 0 Å². The maximum atomic E-state index is 13.6. The number of ether oxygens (including phenoxy) is 2. The van der Waals surface area contributed by atoms with Crippen LogP contribution in [0.1, 0.15) is 34.1 Å². The van der Waals surface area contributed by atoms with Crippen molar-refractivity contribution in [2.75, 3.05) is 33.4 Å². The number of rotatable bonds is 4. The lowest BCUT2D eigenvalue weighted by Crippen LogP contribution is -2.38. The van der Waals surface area contributed by atoms with Gasteiger partial charge in [-0.25, -0.2) is 0 Å². The summed E-state index contributed by atoms with van der Waals surface area (Å²) in [5.41, 5.74) is 3.89. The largest absolute Gasteiger partial charge is 0.497 e. The average molecular weight is 376 g/mol. The highest BCUT2D eigenvalue weighted by molar-refractivity contribution is 6.17. The summed E-state index contributed by atoms with van der Waals surface area (Å²) in [5, 5.41) is 1.05. The predicted molar refractivity (Wildman–Crippen MR) is 108 cm³/mol. The van der Waals surface area contributed by atoms with Crippen molar-refractivity contribution in [1.29, 1.82) is 0 Å². The first-order chi connectivity index (χ1) is 13.8. The summed E-state index contributed by atoms with van der Waals surface area (Å²) in [6.07, 6.45) is 1.04. The Hall–Kier alpha value is -2.63. The molecule has 5 rings (SSSR count). The van der Waals surface area contributed by atoms with Crippen LogP contribution in [-0.2, 0) is 11.3 Å². The SMILES string of the molecule is COc1ccc(C(=O)c2c3n(c4ccccc24)CCC3N2CCOCC2)cc1. The van der Waals surface area contributed by atoms with Crippen LogP contribution in [0.5, 0.6) is 5.75 Å². The highest BCUT2D eigenvalue weighted by Crippen LogP contribution is 2.41. The molecule has 5 heteroatoms. The van der Waals surface area contributed by atoms with E-state index in [4.69, 9.17) is 9.47 Å². The number of aryl methyl sites for hydroxylation is 1. The van der Waals surface area contributed by atoms with E-state index in [0.717, 1.165) is 61.5 Å². The van der Waals surface area contributed by atoms with Crippen LogP contribution in [0, 0.1) is 0 Å². The number of carbonyl (C=O) groups is 1. The molecule has 0 bridgehead atoms. The van der Waals surface area contributed by atoms with Gasteiger partial charge < -0.3 is 14.0 Å². The summed E-state index contributed by atoms with van der Waals surface area (Å²) < 4.78 is 13.1. The van der Waals surface area contributed by atoms with Gasteiger partial charge in [0.1, 0.15) is 5.75 Å². The standard InChI is InChI=1S/C23H24N2O3/c1-27-17-8-6-16(7-9-17)23(26)21-18-4-2-3-5-19(18)25-11-10-20(22(21)25)24-12-14-28-15-13-24/h2-9,20H,10-15H2,1H3. The number of benzene rings is 2. The number of morpholine rings is 1. The predicted octanol–water partition coefficient (Wildman–Crippen LogP) is 3.66. The summed E-state index contributed by atoms with van der Waals surface area (Å²) in [4.78, 5) is 16.1. The molecule has 3 aromatic rings. The van der Waals surface area contributed by atoms with Gasteiger partial charge in [-0.2, -0.15) is 0 Å². The third kappa shape index (κ3) is 2.74. The van der Waals surface area contributed by atoms with E-state index in [0.29, 0.717) is 5.56 Å². The smallest absolute Gasteiger partial charge is 0.195 e. The average Bonchev–Trinajstić information content (AvgIpc) is 3.32. The summed E-state index contributed by atoms with van der Waals surface area (Å²) in [6.45, 7) is 4.31. The molecule has 0 spiro atoms. The van der Waals surface area contributed by atoms with Gasteiger partial charge in [0, 0.05) is 41.8 Å². The molecular weight excluding hydrogens is 352 g/mol. The number of methoxy groups -OCH3 is 1. The van der Waals surface area contributed by atoms with Crippen molar-refractivity contribution in [3.8, 4) is 5.75 Å². The molecule has 2 aliphatic heterocycles. The lowest BCUT2D eigenvalue weighted by atomic mass is 9.96. The second kappa shape index (κ2) is 7.08. The normalized spacial score (nSPS) is 19.7. The lowest BCUT2D eigenvalue weighted by Gasteiger charge is -2.32. The fourth-order valence-electron chi connectivity index (χ4n) is 4.67. The molecular formula is C23H24N2O3. The molecule has 0 aliphatic carbocycles. The third-order valence-electron chi connectivity index (χ3n) is 6.02. The van der Waals surface area contributed by atoms with E-state index < -0.39 is 0 Å². The van der Waals surface area contributed by atoms with Crippen LogP contribution in [0.3, 0.4) is 0 Å². The summed E-state index contributed by atoms with van der Waals surface area (Å²) in [5.74, 6) is 0.850. The van der Waals surface area contributed by atoms with Crippen LogP contribution < -0.4 is 4.74 Å². The maximum absolute atomic E-state index is 13.6. The number of hydrogen-bond acceptors (Lipinski definition) is 4. The van der Waals surface area contributed by atoms with E-state index in [1.807, 2.05) is 30.3 Å². The topological polar surface area (TPSA) is 43.7 Å². The van der Waals surface area contributed by atoms with Gasteiger partial charge >= 0.3 is 0 Å². The van der Waals surface area contributed by atoms with Gasteiger partial charge in [0.05, 0.1) is 31.9 Å². The molecule has 0 radical (unpaired) electrons. The molecule has 2 aromatic carbocycles. The van der Waals surface area contributed by atoms with E-state index in [-0.39, 0.29) is 11.8 Å². The Balaban J connectivity index is 1.64. The Kier molecular flexibility index (Phi) is 4.41. The maximum Gasteiger partial charge on any atom is 0.195 e. The van der Waals surface area contributed by atoms with Crippen molar-refractivity contribution in [3.05, 3.63) is 65.4 Å². The zero-order valence-electron chi connectivity index (χ0n) is 16.1. The van der Waals surface area contributed by atoms with Crippen LogP contribution in [-0.4, -0.2) is 48.7 Å². The molecule has 1 aromatic heterocycles. The number of aromatic nitrogens is 1. The molecule has 3 heterocycles. The zero-order valence-corrected chi connectivity index (χ0v) is 16.1. The minimum absolute atomic E-state index is 0.0905. The Labute approximate surface area is 164 Å².